The molecule has 0 bridgehead atoms. The summed E-state index contributed by atoms with van der Waals surface area (Å²) >= 11 is 0. The summed E-state index contributed by atoms with van der Waals surface area (Å²) in [5.74, 6) is -3.03. The molecule has 6 heteroatoms. The molecule has 2 atom stereocenters. The van der Waals surface area contributed by atoms with Gasteiger partial charge in [-0.2, -0.15) is 0 Å². The summed E-state index contributed by atoms with van der Waals surface area (Å²) < 4.78 is 16.4. The smallest absolute Gasteiger partial charge is 0.323 e. The highest BCUT2D eigenvalue weighted by Crippen LogP contribution is 2.45. The maximum atomic E-state index is 13.4. The lowest BCUT2D eigenvalue weighted by Crippen LogP contribution is -2.61. The van der Waals surface area contributed by atoms with Crippen molar-refractivity contribution in [3.63, 3.8) is 0 Å². The van der Waals surface area contributed by atoms with E-state index in [4.69, 9.17) is 14.2 Å². The van der Waals surface area contributed by atoms with Gasteiger partial charge in [0.05, 0.1) is 13.7 Å². The first-order chi connectivity index (χ1) is 14.7. The molecule has 2 aromatic carbocycles. The van der Waals surface area contributed by atoms with Gasteiger partial charge in [0.1, 0.15) is 5.75 Å². The molecule has 0 fully saturated rings. The van der Waals surface area contributed by atoms with Gasteiger partial charge in [-0.3, -0.25) is 9.59 Å². The Bertz CT molecular complexity index is 919. The maximum absolute atomic E-state index is 13.4. The molecular weight excluding hydrogens is 396 g/mol. The minimum Gasteiger partial charge on any atom is -0.497 e. The van der Waals surface area contributed by atoms with Gasteiger partial charge >= 0.3 is 11.9 Å². The molecular formula is C25H34O6. The zero-order valence-corrected chi connectivity index (χ0v) is 19.4. The van der Waals surface area contributed by atoms with Gasteiger partial charge in [-0.25, -0.2) is 0 Å². The van der Waals surface area contributed by atoms with Gasteiger partial charge in [0, 0.05) is 12.3 Å². The van der Waals surface area contributed by atoms with Crippen LogP contribution in [0.4, 0.5) is 0 Å². The number of benzene rings is 2. The first-order valence-electron chi connectivity index (χ1n) is 10.9. The first kappa shape index (κ1) is 24.7. The van der Waals surface area contributed by atoms with E-state index < -0.39 is 29.1 Å². The number of esters is 2. The third kappa shape index (κ3) is 4.54. The van der Waals surface area contributed by atoms with E-state index in [9.17, 15) is 14.7 Å². The molecule has 0 radical (unpaired) electrons. The Labute approximate surface area is 184 Å². The van der Waals surface area contributed by atoms with E-state index in [1.807, 2.05) is 44.2 Å². The summed E-state index contributed by atoms with van der Waals surface area (Å²) in [5, 5.41) is 13.7. The second kappa shape index (κ2) is 10.1. The lowest BCUT2D eigenvalue weighted by atomic mass is 9.68. The first-order valence-corrected chi connectivity index (χ1v) is 10.9. The van der Waals surface area contributed by atoms with Crippen LogP contribution in [0.5, 0.6) is 5.75 Å². The minimum atomic E-state index is -2.07. The zero-order valence-electron chi connectivity index (χ0n) is 19.4. The van der Waals surface area contributed by atoms with Crippen molar-refractivity contribution >= 4 is 22.7 Å². The van der Waals surface area contributed by atoms with Gasteiger partial charge in [0.15, 0.2) is 5.41 Å². The fourth-order valence-corrected chi connectivity index (χ4v) is 4.09. The molecule has 6 nitrogen and oxygen atoms in total. The SMILES string of the molecule is CCOC(=O)C(C)(c1ccc2cc(OC)ccc2c1)C(O)(OC(=O)CC)C(CC)CC. The van der Waals surface area contributed by atoms with Crippen molar-refractivity contribution in [2.24, 2.45) is 5.92 Å². The normalized spacial score (nSPS) is 15.2. The summed E-state index contributed by atoms with van der Waals surface area (Å²) in [6.45, 7) is 8.89. The fraction of sp³-hybridized carbons (Fsp3) is 0.520. The number of ether oxygens (including phenoxy) is 3. The topological polar surface area (TPSA) is 82.1 Å². The summed E-state index contributed by atoms with van der Waals surface area (Å²) in [6, 6.07) is 11.1. The highest BCUT2D eigenvalue weighted by atomic mass is 16.7. The number of carbonyl (C=O) groups excluding carboxylic acids is 2. The van der Waals surface area contributed by atoms with E-state index in [-0.39, 0.29) is 13.0 Å². The van der Waals surface area contributed by atoms with Crippen LogP contribution in [0, 0.1) is 5.92 Å². The second-order valence-corrected chi connectivity index (χ2v) is 7.81. The van der Waals surface area contributed by atoms with Crippen molar-refractivity contribution in [1.29, 1.82) is 0 Å². The maximum Gasteiger partial charge on any atom is 0.323 e. The highest BCUT2D eigenvalue weighted by Gasteiger charge is 2.61. The van der Waals surface area contributed by atoms with Crippen molar-refractivity contribution < 1.29 is 28.9 Å². The Hall–Kier alpha value is -2.60. The van der Waals surface area contributed by atoms with Crippen LogP contribution in [0.3, 0.4) is 0 Å². The van der Waals surface area contributed by atoms with Gasteiger partial charge in [0.2, 0.25) is 5.79 Å². The Balaban J connectivity index is 2.77. The Morgan fingerprint density at radius 3 is 2.16 bits per heavy atom. The summed E-state index contributed by atoms with van der Waals surface area (Å²) in [5.41, 5.74) is -1.11. The molecule has 2 rings (SSSR count). The summed E-state index contributed by atoms with van der Waals surface area (Å²) in [4.78, 5) is 25.7. The van der Waals surface area contributed by atoms with E-state index in [1.54, 1.807) is 33.9 Å². The van der Waals surface area contributed by atoms with Crippen molar-refractivity contribution in [3.05, 3.63) is 42.0 Å². The van der Waals surface area contributed by atoms with Crippen LogP contribution < -0.4 is 4.74 Å². The predicted octanol–water partition coefficient (Wildman–Crippen LogP) is 4.75. The number of hydrogen-bond donors (Lipinski definition) is 1. The molecule has 0 saturated heterocycles. The Morgan fingerprint density at radius 1 is 1.00 bits per heavy atom. The van der Waals surface area contributed by atoms with E-state index in [1.165, 1.54) is 0 Å². The van der Waals surface area contributed by atoms with Gasteiger partial charge in [-0.1, -0.05) is 39.0 Å². The van der Waals surface area contributed by atoms with Crippen molar-refractivity contribution in [2.75, 3.05) is 13.7 Å². The molecule has 1 N–H and O–H groups in total. The van der Waals surface area contributed by atoms with Crippen LogP contribution in [-0.2, 0) is 24.5 Å². The van der Waals surface area contributed by atoms with Crippen molar-refractivity contribution in [2.45, 2.75) is 65.1 Å². The molecule has 0 aliphatic rings. The standard InChI is InChI=1S/C25H34O6/c1-7-19(8-2)25(28,31-22(26)9-3)24(5,23(27)30-10-4)20-13-11-18-16-21(29-6)14-12-17(18)15-20/h11-16,19,28H,7-10H2,1-6H3. The second-order valence-electron chi connectivity index (χ2n) is 7.81. The Morgan fingerprint density at radius 2 is 1.61 bits per heavy atom. The number of rotatable bonds is 10. The molecule has 0 saturated carbocycles. The summed E-state index contributed by atoms with van der Waals surface area (Å²) in [6.07, 6.45) is 1.12. The van der Waals surface area contributed by atoms with E-state index in [0.717, 1.165) is 16.5 Å². The molecule has 31 heavy (non-hydrogen) atoms. The van der Waals surface area contributed by atoms with Crippen molar-refractivity contribution in [3.8, 4) is 5.75 Å². The van der Waals surface area contributed by atoms with Crippen LogP contribution in [0.2, 0.25) is 0 Å². The zero-order chi connectivity index (χ0) is 23.2. The van der Waals surface area contributed by atoms with Gasteiger partial charge in [0.25, 0.3) is 0 Å². The van der Waals surface area contributed by atoms with Crippen LogP contribution in [0.1, 0.15) is 59.4 Å². The van der Waals surface area contributed by atoms with Crippen LogP contribution in [0.25, 0.3) is 10.8 Å². The van der Waals surface area contributed by atoms with Crippen LogP contribution in [0.15, 0.2) is 36.4 Å². The molecule has 2 aromatic rings. The molecule has 0 aliphatic heterocycles. The fourth-order valence-electron chi connectivity index (χ4n) is 4.09. The largest absolute Gasteiger partial charge is 0.497 e. The average molecular weight is 431 g/mol. The highest BCUT2D eigenvalue weighted by molar-refractivity contribution is 5.90. The number of methoxy groups -OCH3 is 1. The lowest BCUT2D eigenvalue weighted by molar-refractivity contribution is -0.265. The van der Waals surface area contributed by atoms with E-state index >= 15 is 0 Å². The molecule has 0 spiro atoms. The van der Waals surface area contributed by atoms with E-state index in [0.29, 0.717) is 18.4 Å². The van der Waals surface area contributed by atoms with Crippen LogP contribution in [-0.4, -0.2) is 36.5 Å². The third-order valence-electron chi connectivity index (χ3n) is 6.12. The molecule has 0 aromatic heterocycles. The van der Waals surface area contributed by atoms with E-state index in [2.05, 4.69) is 0 Å². The van der Waals surface area contributed by atoms with Gasteiger partial charge in [-0.15, -0.1) is 0 Å². The quantitative estimate of drug-likeness (QED) is 0.433. The molecule has 2 unspecified atom stereocenters. The third-order valence-corrected chi connectivity index (χ3v) is 6.12. The predicted molar refractivity (Wildman–Crippen MR) is 120 cm³/mol. The molecule has 0 aliphatic carbocycles. The number of hydrogen-bond acceptors (Lipinski definition) is 6. The summed E-state index contributed by atoms with van der Waals surface area (Å²) in [7, 11) is 1.60. The van der Waals surface area contributed by atoms with Crippen molar-refractivity contribution in [1.82, 2.24) is 0 Å². The monoisotopic (exact) mass is 430 g/mol. The number of aliphatic hydroxyl groups is 1. The lowest BCUT2D eigenvalue weighted by Gasteiger charge is -2.46. The van der Waals surface area contributed by atoms with Gasteiger partial charge < -0.3 is 19.3 Å². The molecule has 0 amide bonds. The van der Waals surface area contributed by atoms with Crippen LogP contribution >= 0.6 is 0 Å². The minimum absolute atomic E-state index is 0.0822. The molecule has 170 valence electrons. The number of carbonyl (C=O) groups is 2. The molecule has 0 heterocycles. The average Bonchev–Trinajstić information content (AvgIpc) is 2.78. The van der Waals surface area contributed by atoms with Gasteiger partial charge in [-0.05, 0) is 61.2 Å². The Kier molecular flexibility index (Phi) is 8.07. The number of fused-ring (bicyclic) bond motifs is 1.